The summed E-state index contributed by atoms with van der Waals surface area (Å²) in [6.45, 7) is 2.61. The van der Waals surface area contributed by atoms with Crippen molar-refractivity contribution in [1.29, 1.82) is 0 Å². The van der Waals surface area contributed by atoms with Gasteiger partial charge in [-0.1, -0.05) is 11.6 Å². The molecule has 1 amide bonds. The third kappa shape index (κ3) is 3.25. The number of carbonyl (C=O) groups excluding carboxylic acids is 1. The molecule has 0 aromatic carbocycles. The van der Waals surface area contributed by atoms with Crippen LogP contribution in [0.2, 0.25) is 0 Å². The van der Waals surface area contributed by atoms with Gasteiger partial charge in [0.1, 0.15) is 0 Å². The third-order valence-corrected chi connectivity index (χ3v) is 1.56. The van der Waals surface area contributed by atoms with Gasteiger partial charge in [-0.15, -0.1) is 0 Å². The van der Waals surface area contributed by atoms with Crippen LogP contribution in [0.4, 0.5) is 4.79 Å². The molecule has 1 aliphatic rings. The van der Waals surface area contributed by atoms with Crippen molar-refractivity contribution in [2.75, 3.05) is 32.4 Å². The zero-order chi connectivity index (χ0) is 8.81. The summed E-state index contributed by atoms with van der Waals surface area (Å²) in [5, 5.41) is 1.73. The molecule has 1 saturated heterocycles. The van der Waals surface area contributed by atoms with Gasteiger partial charge in [0.05, 0.1) is 13.2 Å². The van der Waals surface area contributed by atoms with Crippen LogP contribution in [0.5, 0.6) is 0 Å². The molecule has 0 atom stereocenters. The summed E-state index contributed by atoms with van der Waals surface area (Å²) in [7, 11) is 0. The van der Waals surface area contributed by atoms with E-state index in [-0.39, 0.29) is 6.07 Å². The summed E-state index contributed by atoms with van der Waals surface area (Å²) < 4.78 is 9.56. The van der Waals surface area contributed by atoms with E-state index in [0.29, 0.717) is 26.3 Å². The highest BCUT2D eigenvalue weighted by Crippen LogP contribution is 1.93. The number of ether oxygens (including phenoxy) is 2. The van der Waals surface area contributed by atoms with Gasteiger partial charge < -0.3 is 9.47 Å². The molecule has 12 heavy (non-hydrogen) atoms. The third-order valence-electron chi connectivity index (χ3n) is 1.45. The largest absolute Gasteiger partial charge is 0.432 e. The Morgan fingerprint density at radius 2 is 2.25 bits per heavy atom. The van der Waals surface area contributed by atoms with Crippen molar-refractivity contribution in [3.05, 3.63) is 0 Å². The van der Waals surface area contributed by atoms with E-state index in [1.807, 2.05) is 0 Å². The first-order valence-electron chi connectivity index (χ1n) is 3.65. The van der Waals surface area contributed by atoms with Gasteiger partial charge in [0.15, 0.2) is 6.07 Å². The Kier molecular flexibility index (Phi) is 4.13. The van der Waals surface area contributed by atoms with Crippen molar-refractivity contribution in [2.45, 2.75) is 0 Å². The van der Waals surface area contributed by atoms with Gasteiger partial charge in [-0.05, 0) is 0 Å². The Labute approximate surface area is 75.5 Å². The van der Waals surface area contributed by atoms with Crippen LogP contribution in [0.1, 0.15) is 0 Å². The van der Waals surface area contributed by atoms with E-state index in [4.69, 9.17) is 16.3 Å². The fraction of sp³-hybridized carbons (Fsp3) is 0.833. The number of hydrogen-bond acceptors (Lipinski definition) is 4. The van der Waals surface area contributed by atoms with Crippen LogP contribution in [-0.4, -0.2) is 43.5 Å². The molecule has 70 valence electrons. The minimum atomic E-state index is -0.521. The fourth-order valence-electron chi connectivity index (χ4n) is 0.886. The molecule has 1 N–H and O–H groups in total. The van der Waals surface area contributed by atoms with Crippen molar-refractivity contribution in [2.24, 2.45) is 0 Å². The monoisotopic (exact) mass is 194 g/mol. The lowest BCUT2D eigenvalue weighted by Gasteiger charge is -2.26. The molecule has 1 heterocycles. The van der Waals surface area contributed by atoms with Crippen LogP contribution in [0, 0.1) is 0 Å². The van der Waals surface area contributed by atoms with E-state index in [1.165, 1.54) is 0 Å². The Bertz CT molecular complexity index is 150. The maximum atomic E-state index is 10.8. The average Bonchev–Trinajstić information content (AvgIpc) is 2.06. The van der Waals surface area contributed by atoms with Crippen LogP contribution in [0.25, 0.3) is 0 Å². The molecule has 0 aromatic heterocycles. The standard InChI is InChI=1S/C6H11ClN2O3/c7-5-12-6(10)8-9-1-3-11-4-2-9/h1-5H2,(H,8,10). The van der Waals surface area contributed by atoms with Crippen LogP contribution in [-0.2, 0) is 9.47 Å². The first-order valence-corrected chi connectivity index (χ1v) is 4.18. The number of hydrazine groups is 1. The number of hydrogen-bond donors (Lipinski definition) is 1. The minimum Gasteiger partial charge on any atom is -0.432 e. The smallest absolute Gasteiger partial charge is 0.423 e. The molecule has 0 aromatic rings. The summed E-state index contributed by atoms with van der Waals surface area (Å²) in [6.07, 6.45) is -0.521. The van der Waals surface area contributed by atoms with Crippen molar-refractivity contribution in [3.63, 3.8) is 0 Å². The average molecular weight is 195 g/mol. The number of halogens is 1. The molecule has 0 unspecified atom stereocenters. The molecule has 0 bridgehead atoms. The van der Waals surface area contributed by atoms with Gasteiger partial charge in [0, 0.05) is 13.1 Å². The van der Waals surface area contributed by atoms with Gasteiger partial charge in [-0.25, -0.2) is 9.80 Å². The molecule has 1 rings (SSSR count). The molecule has 0 spiro atoms. The fourth-order valence-corrected chi connectivity index (χ4v) is 0.985. The first kappa shape index (κ1) is 9.57. The Morgan fingerprint density at radius 3 is 2.83 bits per heavy atom. The van der Waals surface area contributed by atoms with E-state index >= 15 is 0 Å². The van der Waals surface area contributed by atoms with E-state index in [0.717, 1.165) is 0 Å². The summed E-state index contributed by atoms with van der Waals surface area (Å²) in [6, 6.07) is -0.129. The molecule has 1 aliphatic heterocycles. The molecular formula is C6H11ClN2O3. The van der Waals surface area contributed by atoms with Gasteiger partial charge in [-0.3, -0.25) is 5.43 Å². The van der Waals surface area contributed by atoms with Gasteiger partial charge in [-0.2, -0.15) is 0 Å². The predicted octanol–water partition coefficient (Wildman–Crippen LogP) is 0.156. The van der Waals surface area contributed by atoms with Crippen LogP contribution < -0.4 is 5.43 Å². The molecule has 1 fully saturated rings. The highest BCUT2D eigenvalue weighted by Gasteiger charge is 2.12. The van der Waals surface area contributed by atoms with Gasteiger partial charge in [0.25, 0.3) is 0 Å². The van der Waals surface area contributed by atoms with E-state index in [9.17, 15) is 4.79 Å². The zero-order valence-electron chi connectivity index (χ0n) is 6.59. The van der Waals surface area contributed by atoms with Crippen LogP contribution in [0.3, 0.4) is 0 Å². The lowest BCUT2D eigenvalue weighted by molar-refractivity contribution is 0.0117. The SMILES string of the molecule is O=C(NN1CCOCC1)OCCl. The summed E-state index contributed by atoms with van der Waals surface area (Å²) in [5.41, 5.74) is 2.53. The number of carbonyl (C=O) groups is 1. The number of rotatable bonds is 2. The second-order valence-electron chi connectivity index (χ2n) is 2.25. The van der Waals surface area contributed by atoms with Crippen LogP contribution >= 0.6 is 11.6 Å². The number of nitrogens with one attached hydrogen (secondary N) is 1. The minimum absolute atomic E-state index is 0.129. The Balaban J connectivity index is 2.15. The van der Waals surface area contributed by atoms with E-state index < -0.39 is 6.09 Å². The van der Waals surface area contributed by atoms with Crippen molar-refractivity contribution < 1.29 is 14.3 Å². The zero-order valence-corrected chi connectivity index (χ0v) is 7.34. The summed E-state index contributed by atoms with van der Waals surface area (Å²) in [5.74, 6) is 0. The number of nitrogens with zero attached hydrogens (tertiary/aromatic N) is 1. The lowest BCUT2D eigenvalue weighted by Crippen LogP contribution is -2.48. The lowest BCUT2D eigenvalue weighted by atomic mass is 10.5. The van der Waals surface area contributed by atoms with Crippen LogP contribution in [0.15, 0.2) is 0 Å². The van der Waals surface area contributed by atoms with Crippen molar-refractivity contribution >= 4 is 17.7 Å². The van der Waals surface area contributed by atoms with Gasteiger partial charge >= 0.3 is 6.09 Å². The van der Waals surface area contributed by atoms with Crippen molar-refractivity contribution in [1.82, 2.24) is 10.4 Å². The Hall–Kier alpha value is -0.520. The topological polar surface area (TPSA) is 50.8 Å². The second-order valence-corrected chi connectivity index (χ2v) is 2.47. The summed E-state index contributed by atoms with van der Waals surface area (Å²) >= 11 is 5.19. The highest BCUT2D eigenvalue weighted by molar-refractivity contribution is 6.17. The number of alkyl halides is 1. The molecule has 6 heteroatoms. The first-order chi connectivity index (χ1) is 5.83. The maximum Gasteiger partial charge on any atom is 0.423 e. The molecule has 5 nitrogen and oxygen atoms in total. The quantitative estimate of drug-likeness (QED) is 0.637. The van der Waals surface area contributed by atoms with E-state index in [2.05, 4.69) is 10.2 Å². The van der Waals surface area contributed by atoms with Crippen molar-refractivity contribution in [3.8, 4) is 0 Å². The number of morpholine rings is 1. The molecule has 0 radical (unpaired) electrons. The number of amides is 1. The van der Waals surface area contributed by atoms with E-state index in [1.54, 1.807) is 5.01 Å². The summed E-state index contributed by atoms with van der Waals surface area (Å²) in [4.78, 5) is 10.8. The maximum absolute atomic E-state index is 10.8. The van der Waals surface area contributed by atoms with Gasteiger partial charge in [0.2, 0.25) is 0 Å². The molecule has 0 aliphatic carbocycles. The second kappa shape index (κ2) is 5.18. The Morgan fingerprint density at radius 1 is 1.58 bits per heavy atom. The molecular weight excluding hydrogens is 184 g/mol. The normalized spacial score (nSPS) is 18.8. The highest BCUT2D eigenvalue weighted by atomic mass is 35.5. The molecule has 0 saturated carbocycles. The predicted molar refractivity (Wildman–Crippen MR) is 42.7 cm³/mol.